The summed E-state index contributed by atoms with van der Waals surface area (Å²) < 4.78 is 0. The predicted octanol–water partition coefficient (Wildman–Crippen LogP) is 2.74. The first-order valence-electron chi connectivity index (χ1n) is 4.69. The maximum Gasteiger partial charge on any atom is 0.134 e. The van der Waals surface area contributed by atoms with Gasteiger partial charge in [-0.05, 0) is 31.9 Å². The average Bonchev–Trinajstić information content (AvgIpc) is 2.08. The summed E-state index contributed by atoms with van der Waals surface area (Å²) in [6, 6.07) is 1.80. The molecule has 0 saturated carbocycles. The SMILES string of the molecule is CCc1nc(C)cc(Cl)c1CC(C)=O. The number of hydrogen-bond donors (Lipinski definition) is 0. The summed E-state index contributed by atoms with van der Waals surface area (Å²) in [5.74, 6) is 0.118. The molecule has 0 bridgehead atoms. The Morgan fingerprint density at radius 2 is 2.21 bits per heavy atom. The van der Waals surface area contributed by atoms with E-state index in [1.807, 2.05) is 13.8 Å². The van der Waals surface area contributed by atoms with Crippen molar-refractivity contribution >= 4 is 17.4 Å². The van der Waals surface area contributed by atoms with Gasteiger partial charge >= 0.3 is 0 Å². The second-order valence-corrected chi connectivity index (χ2v) is 3.81. The Kier molecular flexibility index (Phi) is 3.64. The molecule has 0 aromatic carbocycles. The van der Waals surface area contributed by atoms with E-state index < -0.39 is 0 Å². The zero-order valence-electron chi connectivity index (χ0n) is 8.72. The molecular weight excluding hydrogens is 198 g/mol. The Morgan fingerprint density at radius 3 is 2.71 bits per heavy atom. The van der Waals surface area contributed by atoms with Gasteiger partial charge in [0.25, 0.3) is 0 Å². The summed E-state index contributed by atoms with van der Waals surface area (Å²) in [6.45, 7) is 5.49. The Labute approximate surface area is 89.3 Å². The van der Waals surface area contributed by atoms with Gasteiger partial charge in [0, 0.05) is 22.8 Å². The lowest BCUT2D eigenvalue weighted by Gasteiger charge is -2.08. The van der Waals surface area contributed by atoms with Crippen molar-refractivity contribution in [1.82, 2.24) is 4.98 Å². The molecule has 0 N–H and O–H groups in total. The quantitative estimate of drug-likeness (QED) is 0.770. The molecule has 0 atom stereocenters. The number of Topliss-reactive ketones (excluding diaryl/α,β-unsaturated/α-hetero) is 1. The van der Waals surface area contributed by atoms with Gasteiger partial charge in [0.15, 0.2) is 0 Å². The van der Waals surface area contributed by atoms with Crippen molar-refractivity contribution in [2.45, 2.75) is 33.6 Å². The number of hydrogen-bond acceptors (Lipinski definition) is 2. The fourth-order valence-corrected chi connectivity index (χ4v) is 1.78. The third-order valence-corrected chi connectivity index (χ3v) is 2.38. The molecule has 2 nitrogen and oxygen atoms in total. The molecule has 76 valence electrons. The highest BCUT2D eigenvalue weighted by atomic mass is 35.5. The first-order chi connectivity index (χ1) is 6.54. The highest BCUT2D eigenvalue weighted by molar-refractivity contribution is 6.31. The lowest BCUT2D eigenvalue weighted by atomic mass is 10.1. The van der Waals surface area contributed by atoms with E-state index >= 15 is 0 Å². The molecule has 0 aliphatic heterocycles. The molecule has 0 saturated heterocycles. The van der Waals surface area contributed by atoms with Crippen LogP contribution in [0.2, 0.25) is 5.02 Å². The minimum atomic E-state index is 0.118. The van der Waals surface area contributed by atoms with Crippen LogP contribution in [0.4, 0.5) is 0 Å². The number of aromatic nitrogens is 1. The second-order valence-electron chi connectivity index (χ2n) is 3.40. The number of carbonyl (C=O) groups is 1. The van der Waals surface area contributed by atoms with E-state index in [-0.39, 0.29) is 5.78 Å². The van der Waals surface area contributed by atoms with Gasteiger partial charge in [0.2, 0.25) is 0 Å². The van der Waals surface area contributed by atoms with Crippen LogP contribution in [-0.4, -0.2) is 10.8 Å². The Balaban J connectivity index is 3.18. The first kappa shape index (κ1) is 11.2. The molecule has 1 rings (SSSR count). The van der Waals surface area contributed by atoms with Crippen LogP contribution in [0.15, 0.2) is 6.07 Å². The number of ketones is 1. The monoisotopic (exact) mass is 211 g/mol. The Bertz CT molecular complexity index is 361. The van der Waals surface area contributed by atoms with E-state index in [0.717, 1.165) is 23.4 Å². The van der Waals surface area contributed by atoms with Crippen molar-refractivity contribution in [2.24, 2.45) is 0 Å². The van der Waals surface area contributed by atoms with Crippen LogP contribution in [0.3, 0.4) is 0 Å². The second kappa shape index (κ2) is 4.56. The Hall–Kier alpha value is -0.890. The number of carbonyl (C=O) groups excluding carboxylic acids is 1. The number of rotatable bonds is 3. The molecule has 0 amide bonds. The fraction of sp³-hybridized carbons (Fsp3) is 0.455. The van der Waals surface area contributed by atoms with Crippen LogP contribution in [0.1, 0.15) is 30.8 Å². The third kappa shape index (κ3) is 2.55. The third-order valence-electron chi connectivity index (χ3n) is 2.04. The predicted molar refractivity (Wildman–Crippen MR) is 57.7 cm³/mol. The van der Waals surface area contributed by atoms with Gasteiger partial charge in [0.05, 0.1) is 0 Å². The molecular formula is C11H14ClNO. The zero-order chi connectivity index (χ0) is 10.7. The van der Waals surface area contributed by atoms with Gasteiger partial charge in [-0.2, -0.15) is 0 Å². The van der Waals surface area contributed by atoms with Crippen molar-refractivity contribution in [2.75, 3.05) is 0 Å². The van der Waals surface area contributed by atoms with Gasteiger partial charge in [0.1, 0.15) is 5.78 Å². The van der Waals surface area contributed by atoms with Gasteiger partial charge in [-0.1, -0.05) is 18.5 Å². The number of nitrogens with zero attached hydrogens (tertiary/aromatic N) is 1. The van der Waals surface area contributed by atoms with Crippen molar-refractivity contribution < 1.29 is 4.79 Å². The van der Waals surface area contributed by atoms with E-state index in [2.05, 4.69) is 4.98 Å². The van der Waals surface area contributed by atoms with Crippen LogP contribution < -0.4 is 0 Å². The summed E-state index contributed by atoms with van der Waals surface area (Å²) in [4.78, 5) is 15.4. The van der Waals surface area contributed by atoms with Gasteiger partial charge in [-0.15, -0.1) is 0 Å². The number of halogens is 1. The van der Waals surface area contributed by atoms with Crippen LogP contribution in [0.25, 0.3) is 0 Å². The number of pyridine rings is 1. The molecule has 1 aromatic heterocycles. The Morgan fingerprint density at radius 1 is 1.57 bits per heavy atom. The van der Waals surface area contributed by atoms with Crippen molar-refractivity contribution in [3.05, 3.63) is 28.0 Å². The van der Waals surface area contributed by atoms with Gasteiger partial charge in [-0.25, -0.2) is 0 Å². The lowest BCUT2D eigenvalue weighted by molar-refractivity contribution is -0.116. The van der Waals surface area contributed by atoms with Crippen molar-refractivity contribution in [3.8, 4) is 0 Å². The maximum absolute atomic E-state index is 11.0. The molecule has 0 fully saturated rings. The summed E-state index contributed by atoms with van der Waals surface area (Å²) in [6.07, 6.45) is 1.19. The summed E-state index contributed by atoms with van der Waals surface area (Å²) in [5, 5.41) is 0.657. The normalized spacial score (nSPS) is 10.3. The van der Waals surface area contributed by atoms with Crippen LogP contribution in [0, 0.1) is 6.92 Å². The molecule has 0 aliphatic carbocycles. The molecule has 14 heavy (non-hydrogen) atoms. The summed E-state index contributed by atoms with van der Waals surface area (Å²) >= 11 is 6.07. The van der Waals surface area contributed by atoms with Gasteiger partial charge in [-0.3, -0.25) is 9.78 Å². The first-order valence-corrected chi connectivity index (χ1v) is 5.06. The standard InChI is InChI=1S/C11H14ClNO/c1-4-11-9(6-8(3)14)10(12)5-7(2)13-11/h5H,4,6H2,1-3H3. The fourth-order valence-electron chi connectivity index (χ4n) is 1.45. The van der Waals surface area contributed by atoms with Crippen molar-refractivity contribution in [3.63, 3.8) is 0 Å². The largest absolute Gasteiger partial charge is 0.300 e. The van der Waals surface area contributed by atoms with E-state index in [0.29, 0.717) is 11.4 Å². The van der Waals surface area contributed by atoms with Gasteiger partial charge < -0.3 is 0 Å². The lowest BCUT2D eigenvalue weighted by Crippen LogP contribution is -2.04. The van der Waals surface area contributed by atoms with E-state index in [1.165, 1.54) is 0 Å². The van der Waals surface area contributed by atoms with E-state index in [1.54, 1.807) is 13.0 Å². The zero-order valence-corrected chi connectivity index (χ0v) is 9.48. The van der Waals surface area contributed by atoms with Crippen LogP contribution >= 0.6 is 11.6 Å². The average molecular weight is 212 g/mol. The molecule has 0 spiro atoms. The summed E-state index contributed by atoms with van der Waals surface area (Å²) in [7, 11) is 0. The van der Waals surface area contributed by atoms with E-state index in [4.69, 9.17) is 11.6 Å². The number of aryl methyl sites for hydroxylation is 2. The molecule has 0 aliphatic rings. The molecule has 1 aromatic rings. The molecule has 0 radical (unpaired) electrons. The molecule has 0 unspecified atom stereocenters. The van der Waals surface area contributed by atoms with Crippen molar-refractivity contribution in [1.29, 1.82) is 0 Å². The highest BCUT2D eigenvalue weighted by Crippen LogP contribution is 2.21. The smallest absolute Gasteiger partial charge is 0.134 e. The topological polar surface area (TPSA) is 30.0 Å². The maximum atomic E-state index is 11.0. The van der Waals surface area contributed by atoms with Crippen LogP contribution in [-0.2, 0) is 17.6 Å². The minimum Gasteiger partial charge on any atom is -0.300 e. The molecule has 1 heterocycles. The molecule has 3 heteroatoms. The highest BCUT2D eigenvalue weighted by Gasteiger charge is 2.10. The minimum absolute atomic E-state index is 0.118. The van der Waals surface area contributed by atoms with Crippen LogP contribution in [0.5, 0.6) is 0 Å². The van der Waals surface area contributed by atoms with E-state index in [9.17, 15) is 4.79 Å². The summed E-state index contributed by atoms with van der Waals surface area (Å²) in [5.41, 5.74) is 2.72.